The van der Waals surface area contributed by atoms with E-state index in [4.69, 9.17) is 9.84 Å². The van der Waals surface area contributed by atoms with Gasteiger partial charge in [0, 0.05) is 12.6 Å². The summed E-state index contributed by atoms with van der Waals surface area (Å²) in [6, 6.07) is 0.199. The maximum Gasteiger partial charge on any atom is 0.0585 e. The number of likely N-dealkylation sites (N-methyl/N-ethyl adjacent to an activating group) is 1. The molecule has 1 atom stereocenters. The lowest BCUT2D eigenvalue weighted by Gasteiger charge is -2.26. The van der Waals surface area contributed by atoms with E-state index in [-0.39, 0.29) is 12.6 Å². The predicted molar refractivity (Wildman–Crippen MR) is 48.1 cm³/mol. The summed E-state index contributed by atoms with van der Waals surface area (Å²) in [6.07, 6.45) is 5.19. The number of ether oxygens (including phenoxy) is 1. The van der Waals surface area contributed by atoms with E-state index in [2.05, 4.69) is 5.32 Å². The molecule has 0 amide bonds. The Hall–Kier alpha value is -0.120. The summed E-state index contributed by atoms with van der Waals surface area (Å²) < 4.78 is 5.56. The Labute approximate surface area is 74.1 Å². The second kappa shape index (κ2) is 5.51. The molecule has 1 rings (SSSR count). The second-order valence-corrected chi connectivity index (χ2v) is 3.38. The summed E-state index contributed by atoms with van der Waals surface area (Å²) >= 11 is 0. The van der Waals surface area contributed by atoms with Gasteiger partial charge in [0.2, 0.25) is 0 Å². The van der Waals surface area contributed by atoms with E-state index >= 15 is 0 Å². The van der Waals surface area contributed by atoms with Gasteiger partial charge in [-0.1, -0.05) is 0 Å². The normalized spacial score (nSPS) is 20.5. The first-order valence-corrected chi connectivity index (χ1v) is 4.76. The van der Waals surface area contributed by atoms with Crippen molar-refractivity contribution in [1.82, 2.24) is 5.32 Å². The Morgan fingerprint density at radius 2 is 2.33 bits per heavy atom. The van der Waals surface area contributed by atoms with Gasteiger partial charge in [0.25, 0.3) is 0 Å². The molecular formula is C9H19NO2. The highest BCUT2D eigenvalue weighted by Crippen LogP contribution is 2.21. The zero-order valence-electron chi connectivity index (χ0n) is 7.75. The molecule has 72 valence electrons. The Balaban J connectivity index is 1.92. The minimum absolute atomic E-state index is 0.199. The number of hydrogen-bond donors (Lipinski definition) is 2. The first kappa shape index (κ1) is 9.96. The van der Waals surface area contributed by atoms with Crippen LogP contribution in [0.2, 0.25) is 0 Å². The van der Waals surface area contributed by atoms with Crippen LogP contribution in [-0.4, -0.2) is 37.5 Å². The number of hydrogen-bond acceptors (Lipinski definition) is 3. The van der Waals surface area contributed by atoms with Crippen molar-refractivity contribution in [3.8, 4) is 0 Å². The van der Waals surface area contributed by atoms with Gasteiger partial charge in [-0.15, -0.1) is 0 Å². The summed E-state index contributed by atoms with van der Waals surface area (Å²) in [4.78, 5) is 0. The van der Waals surface area contributed by atoms with Crippen molar-refractivity contribution >= 4 is 0 Å². The third-order valence-electron chi connectivity index (χ3n) is 2.50. The minimum atomic E-state index is 0.199. The van der Waals surface area contributed by atoms with Gasteiger partial charge in [0.1, 0.15) is 0 Å². The molecule has 0 radical (unpaired) electrons. The smallest absolute Gasteiger partial charge is 0.0585 e. The summed E-state index contributed by atoms with van der Waals surface area (Å²) in [6.45, 7) is 0.973. The molecule has 0 aromatic carbocycles. The Morgan fingerprint density at radius 1 is 1.58 bits per heavy atom. The molecule has 0 aromatic rings. The molecule has 2 N–H and O–H groups in total. The maximum absolute atomic E-state index is 8.84. The molecule has 1 unspecified atom stereocenters. The van der Waals surface area contributed by atoms with Gasteiger partial charge in [0.05, 0.1) is 12.7 Å². The highest BCUT2D eigenvalue weighted by Gasteiger charge is 2.17. The lowest BCUT2D eigenvalue weighted by atomic mass is 9.96. The van der Waals surface area contributed by atoms with Crippen molar-refractivity contribution in [2.45, 2.75) is 37.8 Å². The van der Waals surface area contributed by atoms with E-state index in [1.807, 2.05) is 7.05 Å². The predicted octanol–water partition coefficient (Wildman–Crippen LogP) is 0.526. The number of nitrogens with one attached hydrogen (secondary N) is 1. The summed E-state index contributed by atoms with van der Waals surface area (Å²) in [5, 5.41) is 11.9. The van der Waals surface area contributed by atoms with Crippen molar-refractivity contribution in [2.75, 3.05) is 20.3 Å². The second-order valence-electron chi connectivity index (χ2n) is 3.38. The molecule has 1 aliphatic rings. The molecule has 1 saturated carbocycles. The fourth-order valence-electron chi connectivity index (χ4n) is 1.24. The Kier molecular flexibility index (Phi) is 4.58. The topological polar surface area (TPSA) is 41.5 Å². The molecule has 3 nitrogen and oxygen atoms in total. The van der Waals surface area contributed by atoms with Gasteiger partial charge < -0.3 is 15.2 Å². The van der Waals surface area contributed by atoms with Crippen LogP contribution in [0.5, 0.6) is 0 Å². The summed E-state index contributed by atoms with van der Waals surface area (Å²) in [5.74, 6) is 0. The van der Waals surface area contributed by atoms with Crippen molar-refractivity contribution in [1.29, 1.82) is 0 Å². The van der Waals surface area contributed by atoms with E-state index in [1.165, 1.54) is 19.3 Å². The highest BCUT2D eigenvalue weighted by atomic mass is 16.5. The van der Waals surface area contributed by atoms with Crippen LogP contribution in [-0.2, 0) is 4.74 Å². The van der Waals surface area contributed by atoms with Crippen LogP contribution in [0.25, 0.3) is 0 Å². The van der Waals surface area contributed by atoms with Gasteiger partial charge in [-0.2, -0.15) is 0 Å². The number of aliphatic hydroxyl groups is 1. The van der Waals surface area contributed by atoms with E-state index in [0.29, 0.717) is 6.10 Å². The molecule has 0 saturated heterocycles. The lowest BCUT2D eigenvalue weighted by molar-refractivity contribution is -0.00338. The van der Waals surface area contributed by atoms with Gasteiger partial charge in [-0.25, -0.2) is 0 Å². The molecule has 0 bridgehead atoms. The molecule has 0 heterocycles. The molecule has 0 spiro atoms. The summed E-state index contributed by atoms with van der Waals surface area (Å²) in [5.41, 5.74) is 0. The SMILES string of the molecule is CNC(CO)CCOC1CCC1. The molecule has 0 aromatic heterocycles. The van der Waals surface area contributed by atoms with Gasteiger partial charge in [-0.3, -0.25) is 0 Å². The molecule has 3 heteroatoms. The van der Waals surface area contributed by atoms with E-state index in [1.54, 1.807) is 0 Å². The average molecular weight is 173 g/mol. The van der Waals surface area contributed by atoms with Crippen LogP contribution < -0.4 is 5.32 Å². The average Bonchev–Trinajstić information content (AvgIpc) is 2.02. The van der Waals surface area contributed by atoms with Crippen LogP contribution in [0.3, 0.4) is 0 Å². The fraction of sp³-hybridized carbons (Fsp3) is 1.00. The molecular weight excluding hydrogens is 154 g/mol. The maximum atomic E-state index is 8.84. The van der Waals surface area contributed by atoms with Gasteiger partial charge in [0.15, 0.2) is 0 Å². The van der Waals surface area contributed by atoms with Crippen LogP contribution in [0.1, 0.15) is 25.7 Å². The van der Waals surface area contributed by atoms with Crippen molar-refractivity contribution in [2.24, 2.45) is 0 Å². The van der Waals surface area contributed by atoms with Crippen molar-refractivity contribution in [3.63, 3.8) is 0 Å². The standard InChI is InChI=1S/C9H19NO2/c1-10-8(7-11)5-6-12-9-3-2-4-9/h8-11H,2-7H2,1H3. The monoisotopic (exact) mass is 173 g/mol. The fourth-order valence-corrected chi connectivity index (χ4v) is 1.24. The zero-order valence-corrected chi connectivity index (χ0v) is 7.75. The molecule has 1 fully saturated rings. The zero-order chi connectivity index (χ0) is 8.81. The number of aliphatic hydroxyl groups excluding tert-OH is 1. The van der Waals surface area contributed by atoms with Gasteiger partial charge >= 0.3 is 0 Å². The van der Waals surface area contributed by atoms with E-state index in [9.17, 15) is 0 Å². The third-order valence-corrected chi connectivity index (χ3v) is 2.50. The third kappa shape index (κ3) is 3.09. The van der Waals surface area contributed by atoms with Crippen molar-refractivity contribution in [3.05, 3.63) is 0 Å². The van der Waals surface area contributed by atoms with Crippen molar-refractivity contribution < 1.29 is 9.84 Å². The van der Waals surface area contributed by atoms with E-state index in [0.717, 1.165) is 13.0 Å². The molecule has 0 aliphatic heterocycles. The largest absolute Gasteiger partial charge is 0.395 e. The molecule has 12 heavy (non-hydrogen) atoms. The minimum Gasteiger partial charge on any atom is -0.395 e. The molecule has 1 aliphatic carbocycles. The highest BCUT2D eigenvalue weighted by molar-refractivity contribution is 4.70. The van der Waals surface area contributed by atoms with Gasteiger partial charge in [-0.05, 0) is 32.7 Å². The van der Waals surface area contributed by atoms with E-state index < -0.39 is 0 Å². The first-order valence-electron chi connectivity index (χ1n) is 4.76. The first-order chi connectivity index (χ1) is 5.86. The summed E-state index contributed by atoms with van der Waals surface area (Å²) in [7, 11) is 1.87. The quantitative estimate of drug-likeness (QED) is 0.615. The van der Waals surface area contributed by atoms with Crippen LogP contribution in [0.15, 0.2) is 0 Å². The number of rotatable bonds is 6. The van der Waals surface area contributed by atoms with Crippen LogP contribution >= 0.6 is 0 Å². The Bertz CT molecular complexity index is 111. The Morgan fingerprint density at radius 3 is 2.75 bits per heavy atom. The lowest BCUT2D eigenvalue weighted by Crippen LogP contribution is -2.31. The van der Waals surface area contributed by atoms with Crippen LogP contribution in [0, 0.1) is 0 Å². The van der Waals surface area contributed by atoms with Crippen LogP contribution in [0.4, 0.5) is 0 Å².